The van der Waals surface area contributed by atoms with Gasteiger partial charge in [0.15, 0.2) is 0 Å². The van der Waals surface area contributed by atoms with Crippen LogP contribution in [0.1, 0.15) is 5.69 Å². The first-order chi connectivity index (χ1) is 9.61. The van der Waals surface area contributed by atoms with E-state index in [2.05, 4.69) is 5.10 Å². The number of nitrogens with zero attached hydrogens (tertiary/aromatic N) is 3. The minimum atomic E-state index is -0.458. The molecule has 0 saturated heterocycles. The van der Waals surface area contributed by atoms with Crippen LogP contribution in [0.15, 0.2) is 18.3 Å². The van der Waals surface area contributed by atoms with Crippen molar-refractivity contribution in [1.82, 2.24) is 9.78 Å². The van der Waals surface area contributed by atoms with E-state index in [1.165, 1.54) is 13.2 Å². The van der Waals surface area contributed by atoms with Crippen LogP contribution in [0.5, 0.6) is 11.5 Å². The summed E-state index contributed by atoms with van der Waals surface area (Å²) in [4.78, 5) is 10.7. The zero-order valence-electron chi connectivity index (χ0n) is 11.1. The Hall–Kier alpha value is -2.57. The van der Waals surface area contributed by atoms with Crippen molar-refractivity contribution in [1.29, 1.82) is 0 Å². The second-order valence-corrected chi connectivity index (χ2v) is 4.50. The maximum Gasteiger partial charge on any atom is 0.311 e. The molecule has 0 aliphatic carbocycles. The van der Waals surface area contributed by atoms with E-state index in [0.29, 0.717) is 24.3 Å². The molecule has 20 heavy (non-hydrogen) atoms. The van der Waals surface area contributed by atoms with Crippen LogP contribution in [-0.2, 0) is 13.5 Å². The number of fused-ring (bicyclic) bond motifs is 3. The van der Waals surface area contributed by atoms with Crippen molar-refractivity contribution in [2.45, 2.75) is 6.42 Å². The van der Waals surface area contributed by atoms with E-state index in [4.69, 9.17) is 9.47 Å². The van der Waals surface area contributed by atoms with Gasteiger partial charge in [0, 0.05) is 42.4 Å². The molecule has 104 valence electrons. The topological polar surface area (TPSA) is 79.4 Å². The maximum atomic E-state index is 11.1. The first-order valence-corrected chi connectivity index (χ1v) is 6.12. The molecule has 0 radical (unpaired) electrons. The Morgan fingerprint density at radius 1 is 1.45 bits per heavy atom. The normalized spacial score (nSPS) is 12.9. The summed E-state index contributed by atoms with van der Waals surface area (Å²) in [7, 11) is 3.25. The van der Waals surface area contributed by atoms with Gasteiger partial charge in [-0.2, -0.15) is 5.10 Å². The van der Waals surface area contributed by atoms with Crippen molar-refractivity contribution in [2.24, 2.45) is 7.05 Å². The number of aromatic nitrogens is 2. The van der Waals surface area contributed by atoms with Gasteiger partial charge in [-0.05, 0) is 0 Å². The van der Waals surface area contributed by atoms with Gasteiger partial charge < -0.3 is 9.47 Å². The van der Waals surface area contributed by atoms with Gasteiger partial charge in [0.05, 0.1) is 24.8 Å². The number of ether oxygens (including phenoxy) is 2. The molecule has 0 bridgehead atoms. The van der Waals surface area contributed by atoms with Gasteiger partial charge in [-0.25, -0.2) is 0 Å². The number of rotatable bonds is 2. The molecule has 0 fully saturated rings. The SMILES string of the molecule is COc1cc2c(cc1[N+](=O)[O-])-c1cnn(C)c1CCO2. The van der Waals surface area contributed by atoms with Crippen molar-refractivity contribution < 1.29 is 14.4 Å². The lowest BCUT2D eigenvalue weighted by Gasteiger charge is -2.09. The van der Waals surface area contributed by atoms with Crippen LogP contribution in [0.3, 0.4) is 0 Å². The average molecular weight is 275 g/mol. The van der Waals surface area contributed by atoms with E-state index >= 15 is 0 Å². The van der Waals surface area contributed by atoms with Gasteiger partial charge in [0.25, 0.3) is 0 Å². The van der Waals surface area contributed by atoms with Crippen LogP contribution < -0.4 is 9.47 Å². The van der Waals surface area contributed by atoms with Crippen LogP contribution >= 0.6 is 0 Å². The Morgan fingerprint density at radius 3 is 2.95 bits per heavy atom. The number of nitro benzene ring substituents is 1. The zero-order valence-corrected chi connectivity index (χ0v) is 11.1. The van der Waals surface area contributed by atoms with Gasteiger partial charge in [0.2, 0.25) is 5.75 Å². The summed E-state index contributed by atoms with van der Waals surface area (Å²) in [6, 6.07) is 3.05. The Labute approximate surface area is 114 Å². The van der Waals surface area contributed by atoms with Crippen LogP contribution in [-0.4, -0.2) is 28.4 Å². The molecule has 0 atom stereocenters. The third-order valence-corrected chi connectivity index (χ3v) is 3.43. The molecule has 0 spiro atoms. The fraction of sp³-hybridized carbons (Fsp3) is 0.308. The summed E-state index contributed by atoms with van der Waals surface area (Å²) in [5.74, 6) is 0.778. The highest BCUT2D eigenvalue weighted by Gasteiger charge is 2.25. The van der Waals surface area contributed by atoms with E-state index in [1.807, 2.05) is 7.05 Å². The molecule has 7 nitrogen and oxygen atoms in total. The molecule has 0 unspecified atom stereocenters. The van der Waals surface area contributed by atoms with Crippen molar-refractivity contribution in [3.8, 4) is 22.6 Å². The number of benzene rings is 1. The molecule has 1 aromatic heterocycles. The van der Waals surface area contributed by atoms with E-state index in [0.717, 1.165) is 11.3 Å². The summed E-state index contributed by atoms with van der Waals surface area (Å²) in [6.45, 7) is 0.500. The molecule has 7 heteroatoms. The number of methoxy groups -OCH3 is 1. The number of hydrogen-bond acceptors (Lipinski definition) is 5. The van der Waals surface area contributed by atoms with E-state index in [-0.39, 0.29) is 11.4 Å². The first-order valence-electron chi connectivity index (χ1n) is 6.12. The summed E-state index contributed by atoms with van der Waals surface area (Å²) in [6.07, 6.45) is 2.41. The standard InChI is InChI=1S/C13H13N3O4/c1-15-10-3-4-20-12-6-13(19-2)11(16(17)18)5-8(12)9(10)7-14-15/h5-7H,3-4H2,1-2H3. The van der Waals surface area contributed by atoms with Crippen molar-refractivity contribution in [3.63, 3.8) is 0 Å². The molecular formula is C13H13N3O4. The average Bonchev–Trinajstić information content (AvgIpc) is 2.70. The molecule has 1 aliphatic rings. The molecule has 0 saturated carbocycles. The molecule has 1 aromatic carbocycles. The molecule has 0 amide bonds. The van der Waals surface area contributed by atoms with Crippen molar-refractivity contribution >= 4 is 5.69 Å². The Balaban J connectivity index is 2.26. The minimum Gasteiger partial charge on any atom is -0.492 e. The minimum absolute atomic E-state index is 0.0773. The summed E-state index contributed by atoms with van der Waals surface area (Å²) in [5.41, 5.74) is 2.47. The first kappa shape index (κ1) is 12.5. The molecular weight excluding hydrogens is 262 g/mol. The predicted molar refractivity (Wildman–Crippen MR) is 71.0 cm³/mol. The van der Waals surface area contributed by atoms with Gasteiger partial charge >= 0.3 is 5.69 Å². The molecule has 2 aromatic rings. The lowest BCUT2D eigenvalue weighted by molar-refractivity contribution is -0.385. The third-order valence-electron chi connectivity index (χ3n) is 3.43. The molecule has 0 N–H and O–H groups in total. The van der Waals surface area contributed by atoms with Crippen molar-refractivity contribution in [3.05, 3.63) is 34.1 Å². The van der Waals surface area contributed by atoms with E-state index in [1.54, 1.807) is 16.9 Å². The van der Waals surface area contributed by atoms with Gasteiger partial charge in [-0.1, -0.05) is 0 Å². The highest BCUT2D eigenvalue weighted by atomic mass is 16.6. The maximum absolute atomic E-state index is 11.1. The van der Waals surface area contributed by atoms with E-state index in [9.17, 15) is 10.1 Å². The summed E-state index contributed by atoms with van der Waals surface area (Å²) in [5, 5.41) is 15.3. The highest BCUT2D eigenvalue weighted by molar-refractivity contribution is 5.77. The lowest BCUT2D eigenvalue weighted by Crippen LogP contribution is -2.04. The van der Waals surface area contributed by atoms with Crippen LogP contribution in [0.4, 0.5) is 5.69 Å². The second-order valence-electron chi connectivity index (χ2n) is 4.50. The van der Waals surface area contributed by atoms with Crippen LogP contribution in [0.2, 0.25) is 0 Å². The van der Waals surface area contributed by atoms with Crippen LogP contribution in [0.25, 0.3) is 11.1 Å². The quantitative estimate of drug-likeness (QED) is 0.618. The largest absolute Gasteiger partial charge is 0.492 e. The van der Waals surface area contributed by atoms with E-state index < -0.39 is 4.92 Å². The monoisotopic (exact) mass is 275 g/mol. The fourth-order valence-corrected chi connectivity index (χ4v) is 2.43. The summed E-state index contributed by atoms with van der Waals surface area (Å²) < 4.78 is 12.5. The lowest BCUT2D eigenvalue weighted by atomic mass is 10.0. The third kappa shape index (κ3) is 1.78. The fourth-order valence-electron chi connectivity index (χ4n) is 2.43. The predicted octanol–water partition coefficient (Wildman–Crippen LogP) is 1.94. The van der Waals surface area contributed by atoms with Gasteiger partial charge in [-0.15, -0.1) is 0 Å². The summed E-state index contributed by atoms with van der Waals surface area (Å²) >= 11 is 0. The highest BCUT2D eigenvalue weighted by Crippen LogP contribution is 2.42. The molecule has 3 rings (SSSR count). The zero-order chi connectivity index (χ0) is 14.3. The Morgan fingerprint density at radius 2 is 2.25 bits per heavy atom. The number of hydrogen-bond donors (Lipinski definition) is 0. The van der Waals surface area contributed by atoms with Gasteiger partial charge in [-0.3, -0.25) is 14.8 Å². The molecule has 1 aliphatic heterocycles. The Kier molecular flexibility index (Phi) is 2.81. The van der Waals surface area contributed by atoms with Crippen LogP contribution in [0, 0.1) is 10.1 Å². The van der Waals surface area contributed by atoms with Gasteiger partial charge in [0.1, 0.15) is 5.75 Å². The second kappa shape index (κ2) is 4.52. The Bertz CT molecular complexity index is 693. The van der Waals surface area contributed by atoms with Crippen molar-refractivity contribution in [2.75, 3.05) is 13.7 Å². The molecule has 2 heterocycles. The number of nitro groups is 1. The smallest absolute Gasteiger partial charge is 0.311 e. The number of aryl methyl sites for hydroxylation is 1.